The SMILES string of the molecule is CC(C)CCC(C)NCCOCCC1CC1. The molecule has 1 N–H and O–H groups in total. The summed E-state index contributed by atoms with van der Waals surface area (Å²) >= 11 is 0. The number of hydrogen-bond donors (Lipinski definition) is 1. The van der Waals surface area contributed by atoms with Crippen molar-refractivity contribution >= 4 is 0 Å². The summed E-state index contributed by atoms with van der Waals surface area (Å²) in [5.74, 6) is 1.82. The Kier molecular flexibility index (Phi) is 7.06. The molecular formula is C14H29NO. The summed E-state index contributed by atoms with van der Waals surface area (Å²) in [6.07, 6.45) is 6.75. The van der Waals surface area contributed by atoms with Crippen LogP contribution in [-0.4, -0.2) is 25.8 Å². The lowest BCUT2D eigenvalue weighted by Crippen LogP contribution is -2.29. The van der Waals surface area contributed by atoms with Crippen molar-refractivity contribution in [1.29, 1.82) is 0 Å². The number of nitrogens with one attached hydrogen (secondary N) is 1. The van der Waals surface area contributed by atoms with E-state index in [-0.39, 0.29) is 0 Å². The maximum absolute atomic E-state index is 5.60. The smallest absolute Gasteiger partial charge is 0.0591 e. The molecule has 0 aromatic heterocycles. The van der Waals surface area contributed by atoms with Crippen molar-refractivity contribution in [2.75, 3.05) is 19.8 Å². The lowest BCUT2D eigenvalue weighted by Gasteiger charge is -2.14. The van der Waals surface area contributed by atoms with Crippen molar-refractivity contribution in [3.63, 3.8) is 0 Å². The van der Waals surface area contributed by atoms with Gasteiger partial charge in [0.15, 0.2) is 0 Å². The van der Waals surface area contributed by atoms with E-state index in [2.05, 4.69) is 26.1 Å². The minimum absolute atomic E-state index is 0.634. The molecule has 0 amide bonds. The zero-order valence-corrected chi connectivity index (χ0v) is 11.3. The summed E-state index contributed by atoms with van der Waals surface area (Å²) in [7, 11) is 0. The summed E-state index contributed by atoms with van der Waals surface area (Å²) in [5, 5.41) is 3.52. The van der Waals surface area contributed by atoms with E-state index >= 15 is 0 Å². The molecule has 1 saturated carbocycles. The van der Waals surface area contributed by atoms with Crippen LogP contribution in [0.25, 0.3) is 0 Å². The molecular weight excluding hydrogens is 198 g/mol. The third-order valence-corrected chi connectivity index (χ3v) is 3.28. The average Bonchev–Trinajstić information content (AvgIpc) is 3.04. The topological polar surface area (TPSA) is 21.3 Å². The summed E-state index contributed by atoms with van der Waals surface area (Å²) < 4.78 is 5.60. The Morgan fingerprint density at radius 1 is 1.12 bits per heavy atom. The zero-order chi connectivity index (χ0) is 11.8. The van der Waals surface area contributed by atoms with Gasteiger partial charge in [0.2, 0.25) is 0 Å². The average molecular weight is 227 g/mol. The van der Waals surface area contributed by atoms with E-state index in [1.54, 1.807) is 0 Å². The first-order valence-corrected chi connectivity index (χ1v) is 6.99. The summed E-state index contributed by atoms with van der Waals surface area (Å²) in [4.78, 5) is 0. The first kappa shape index (κ1) is 14.0. The van der Waals surface area contributed by atoms with Gasteiger partial charge in [-0.25, -0.2) is 0 Å². The maximum atomic E-state index is 5.60. The van der Waals surface area contributed by atoms with E-state index in [1.807, 2.05) is 0 Å². The Balaban J connectivity index is 1.78. The van der Waals surface area contributed by atoms with Gasteiger partial charge in [0.05, 0.1) is 6.61 Å². The molecule has 0 aromatic rings. The molecule has 0 aromatic carbocycles. The molecule has 16 heavy (non-hydrogen) atoms. The molecule has 1 fully saturated rings. The Morgan fingerprint density at radius 3 is 2.50 bits per heavy atom. The molecule has 2 nitrogen and oxygen atoms in total. The van der Waals surface area contributed by atoms with E-state index in [0.29, 0.717) is 6.04 Å². The van der Waals surface area contributed by atoms with E-state index in [1.165, 1.54) is 32.1 Å². The quantitative estimate of drug-likeness (QED) is 0.579. The van der Waals surface area contributed by atoms with Gasteiger partial charge in [0.25, 0.3) is 0 Å². The minimum Gasteiger partial charge on any atom is -0.380 e. The second-order valence-electron chi connectivity index (χ2n) is 5.67. The van der Waals surface area contributed by atoms with Gasteiger partial charge in [-0.15, -0.1) is 0 Å². The number of rotatable bonds is 10. The van der Waals surface area contributed by atoms with E-state index < -0.39 is 0 Å². The van der Waals surface area contributed by atoms with Crippen LogP contribution in [-0.2, 0) is 4.74 Å². The highest BCUT2D eigenvalue weighted by Gasteiger charge is 2.20. The van der Waals surface area contributed by atoms with Crippen molar-refractivity contribution in [3.8, 4) is 0 Å². The second-order valence-corrected chi connectivity index (χ2v) is 5.67. The van der Waals surface area contributed by atoms with E-state index in [0.717, 1.165) is 31.6 Å². The largest absolute Gasteiger partial charge is 0.380 e. The molecule has 96 valence electrons. The normalized spacial score (nSPS) is 18.0. The van der Waals surface area contributed by atoms with Gasteiger partial charge in [-0.05, 0) is 38.0 Å². The Morgan fingerprint density at radius 2 is 1.88 bits per heavy atom. The fourth-order valence-electron chi connectivity index (χ4n) is 1.82. The van der Waals surface area contributed by atoms with Gasteiger partial charge in [-0.2, -0.15) is 0 Å². The van der Waals surface area contributed by atoms with Gasteiger partial charge in [0.1, 0.15) is 0 Å². The van der Waals surface area contributed by atoms with E-state index in [9.17, 15) is 0 Å². The van der Waals surface area contributed by atoms with Crippen LogP contribution in [0.4, 0.5) is 0 Å². The third-order valence-electron chi connectivity index (χ3n) is 3.28. The summed E-state index contributed by atoms with van der Waals surface area (Å²) in [6.45, 7) is 9.68. The van der Waals surface area contributed by atoms with Crippen molar-refractivity contribution in [1.82, 2.24) is 5.32 Å². The van der Waals surface area contributed by atoms with E-state index in [4.69, 9.17) is 4.74 Å². The van der Waals surface area contributed by atoms with Crippen LogP contribution < -0.4 is 5.32 Å². The highest BCUT2D eigenvalue weighted by Crippen LogP contribution is 2.31. The summed E-state index contributed by atoms with van der Waals surface area (Å²) in [6, 6.07) is 0.634. The minimum atomic E-state index is 0.634. The van der Waals surface area contributed by atoms with Gasteiger partial charge < -0.3 is 10.1 Å². The number of ether oxygens (including phenoxy) is 1. The molecule has 0 radical (unpaired) electrons. The van der Waals surface area contributed by atoms with Crippen LogP contribution >= 0.6 is 0 Å². The third kappa shape index (κ3) is 8.12. The monoisotopic (exact) mass is 227 g/mol. The van der Waals surface area contributed by atoms with Crippen LogP contribution in [0, 0.1) is 11.8 Å². The zero-order valence-electron chi connectivity index (χ0n) is 11.3. The van der Waals surface area contributed by atoms with Crippen LogP contribution in [0.15, 0.2) is 0 Å². The molecule has 1 atom stereocenters. The highest BCUT2D eigenvalue weighted by atomic mass is 16.5. The van der Waals surface area contributed by atoms with Gasteiger partial charge in [0, 0.05) is 19.2 Å². The molecule has 0 heterocycles. The van der Waals surface area contributed by atoms with Crippen LogP contribution in [0.3, 0.4) is 0 Å². The van der Waals surface area contributed by atoms with Crippen molar-refractivity contribution in [2.45, 2.75) is 58.9 Å². The fraction of sp³-hybridized carbons (Fsp3) is 1.00. The molecule has 0 aliphatic heterocycles. The molecule has 0 spiro atoms. The Labute approximate surface area is 101 Å². The molecule has 1 unspecified atom stereocenters. The summed E-state index contributed by atoms with van der Waals surface area (Å²) in [5.41, 5.74) is 0. The first-order valence-electron chi connectivity index (χ1n) is 6.99. The van der Waals surface area contributed by atoms with Crippen molar-refractivity contribution < 1.29 is 4.74 Å². The Bertz CT molecular complexity index is 166. The van der Waals surface area contributed by atoms with Crippen molar-refractivity contribution in [2.24, 2.45) is 11.8 Å². The van der Waals surface area contributed by atoms with Crippen molar-refractivity contribution in [3.05, 3.63) is 0 Å². The first-order chi connectivity index (χ1) is 7.68. The lowest BCUT2D eigenvalue weighted by molar-refractivity contribution is 0.128. The molecule has 0 bridgehead atoms. The number of hydrogen-bond acceptors (Lipinski definition) is 2. The molecule has 1 aliphatic rings. The predicted octanol–water partition coefficient (Wildman–Crippen LogP) is 3.22. The van der Waals surface area contributed by atoms with Gasteiger partial charge in [-0.3, -0.25) is 0 Å². The van der Waals surface area contributed by atoms with Crippen LogP contribution in [0.2, 0.25) is 0 Å². The molecule has 1 rings (SSSR count). The standard InChI is InChI=1S/C14H29NO/c1-12(2)4-5-13(3)15-9-11-16-10-8-14-6-7-14/h12-15H,4-11H2,1-3H3. The fourth-order valence-corrected chi connectivity index (χ4v) is 1.82. The van der Waals surface area contributed by atoms with Crippen LogP contribution in [0.5, 0.6) is 0 Å². The van der Waals surface area contributed by atoms with Gasteiger partial charge >= 0.3 is 0 Å². The molecule has 1 aliphatic carbocycles. The predicted molar refractivity (Wildman–Crippen MR) is 69.7 cm³/mol. The lowest BCUT2D eigenvalue weighted by atomic mass is 10.0. The second kappa shape index (κ2) is 8.08. The maximum Gasteiger partial charge on any atom is 0.0591 e. The van der Waals surface area contributed by atoms with Crippen LogP contribution in [0.1, 0.15) is 52.9 Å². The molecule has 2 heteroatoms. The highest BCUT2D eigenvalue weighted by molar-refractivity contribution is 4.72. The molecule has 0 saturated heterocycles. The Hall–Kier alpha value is -0.0800. The van der Waals surface area contributed by atoms with Gasteiger partial charge in [-0.1, -0.05) is 26.7 Å².